The van der Waals surface area contributed by atoms with Gasteiger partial charge in [0.2, 0.25) is 0 Å². The molecule has 1 aliphatic carbocycles. The molecule has 0 saturated heterocycles. The van der Waals surface area contributed by atoms with Crippen molar-refractivity contribution in [1.29, 1.82) is 0 Å². The largest absolute Gasteiger partial charge is 0.309 e. The fourth-order valence-corrected chi connectivity index (χ4v) is 8.55. The molecule has 0 atom stereocenters. The van der Waals surface area contributed by atoms with Crippen LogP contribution < -0.4 is 0 Å². The van der Waals surface area contributed by atoms with Crippen LogP contribution in [0.25, 0.3) is 82.5 Å². The van der Waals surface area contributed by atoms with Gasteiger partial charge in [0.15, 0.2) is 0 Å². The summed E-state index contributed by atoms with van der Waals surface area (Å²) in [4.78, 5) is 4.61. The summed E-state index contributed by atoms with van der Waals surface area (Å²) in [6.45, 7) is 6.97. The van der Waals surface area contributed by atoms with Gasteiger partial charge in [-0.25, -0.2) is 0 Å². The van der Waals surface area contributed by atoms with Crippen LogP contribution in [0.3, 0.4) is 0 Å². The van der Waals surface area contributed by atoms with Gasteiger partial charge in [0.05, 0.1) is 16.7 Å². The summed E-state index contributed by atoms with van der Waals surface area (Å²) in [6.07, 6.45) is 3.94. The van der Waals surface area contributed by atoms with Gasteiger partial charge in [-0.05, 0) is 121 Å². The monoisotopic (exact) mass is 654 g/mol. The van der Waals surface area contributed by atoms with E-state index in [0.29, 0.717) is 0 Å². The SMILES string of the molecule is CC(C)(C)c1cc2c3c(ccc4c(-c5cccc(-n6c7ccccc7c7ccccc76)c5)cc(-c5ccc(-c6ccccn6)cc5)c(c43)CC2)c1. The Morgan fingerprint density at radius 2 is 1.25 bits per heavy atom. The van der Waals surface area contributed by atoms with Gasteiger partial charge in [0, 0.05) is 28.2 Å². The molecule has 9 aromatic rings. The van der Waals surface area contributed by atoms with E-state index in [4.69, 9.17) is 0 Å². The van der Waals surface area contributed by atoms with Crippen molar-refractivity contribution in [3.05, 3.63) is 168 Å². The number of rotatable bonds is 4. The predicted octanol–water partition coefficient (Wildman–Crippen LogP) is 12.9. The van der Waals surface area contributed by atoms with E-state index in [0.717, 1.165) is 24.1 Å². The van der Waals surface area contributed by atoms with E-state index in [-0.39, 0.29) is 5.41 Å². The molecule has 0 radical (unpaired) electrons. The van der Waals surface area contributed by atoms with Crippen molar-refractivity contribution in [3.8, 4) is 39.2 Å². The van der Waals surface area contributed by atoms with Crippen molar-refractivity contribution < 1.29 is 0 Å². The van der Waals surface area contributed by atoms with Crippen LogP contribution >= 0.6 is 0 Å². The number of hydrogen-bond acceptors (Lipinski definition) is 1. The Balaban J connectivity index is 1.24. The van der Waals surface area contributed by atoms with Crippen LogP contribution in [0.15, 0.2) is 152 Å². The van der Waals surface area contributed by atoms with E-state index >= 15 is 0 Å². The van der Waals surface area contributed by atoms with Gasteiger partial charge in [-0.1, -0.05) is 124 Å². The average molecular weight is 655 g/mol. The number of benzene rings is 7. The van der Waals surface area contributed by atoms with E-state index < -0.39 is 0 Å². The number of hydrogen-bond donors (Lipinski definition) is 0. The Morgan fingerprint density at radius 1 is 0.529 bits per heavy atom. The van der Waals surface area contributed by atoms with Gasteiger partial charge in [-0.3, -0.25) is 4.98 Å². The van der Waals surface area contributed by atoms with Crippen molar-refractivity contribution in [1.82, 2.24) is 9.55 Å². The molecule has 51 heavy (non-hydrogen) atoms. The number of para-hydroxylation sites is 2. The molecule has 2 aromatic heterocycles. The van der Waals surface area contributed by atoms with Gasteiger partial charge in [-0.2, -0.15) is 0 Å². The van der Waals surface area contributed by atoms with Gasteiger partial charge in [0.1, 0.15) is 0 Å². The first kappa shape index (κ1) is 29.9. The zero-order valence-electron chi connectivity index (χ0n) is 29.2. The Hall–Kier alpha value is -5.99. The second kappa shape index (κ2) is 11.3. The van der Waals surface area contributed by atoms with E-state index in [1.165, 1.54) is 88.0 Å². The highest BCUT2D eigenvalue weighted by atomic mass is 15.0. The third-order valence-electron chi connectivity index (χ3n) is 11.1. The van der Waals surface area contributed by atoms with Crippen LogP contribution in [0, 0.1) is 0 Å². The second-order valence-electron chi connectivity index (χ2n) is 15.1. The number of aryl methyl sites for hydroxylation is 2. The van der Waals surface area contributed by atoms with Gasteiger partial charge in [-0.15, -0.1) is 0 Å². The van der Waals surface area contributed by atoms with Gasteiger partial charge in [0.25, 0.3) is 0 Å². The average Bonchev–Trinajstić information content (AvgIpc) is 3.51. The standard InChI is InChI=1S/C49H38N2/c1-49(2,3)36-27-34-22-24-40-42(31-18-20-32(21-19-31)44-15-8-9-26-50-44)30-43(41-25-23-35(28-36)47(34)48(40)41)33-11-10-12-37(29-33)51-45-16-6-4-13-38(45)39-14-5-7-17-46(39)51/h4-21,23,25-30H,22,24H2,1-3H3. The molecule has 0 spiro atoms. The topological polar surface area (TPSA) is 17.8 Å². The molecule has 0 aliphatic heterocycles. The summed E-state index contributed by atoms with van der Waals surface area (Å²) in [5.74, 6) is 0. The summed E-state index contributed by atoms with van der Waals surface area (Å²) in [7, 11) is 0. The highest BCUT2D eigenvalue weighted by molar-refractivity contribution is 6.18. The summed E-state index contributed by atoms with van der Waals surface area (Å²) in [5.41, 5.74) is 15.3. The van der Waals surface area contributed by atoms with E-state index in [1.54, 1.807) is 0 Å². The quantitative estimate of drug-likeness (QED) is 0.173. The lowest BCUT2D eigenvalue weighted by Crippen LogP contribution is -2.13. The van der Waals surface area contributed by atoms with Crippen LogP contribution in [0.5, 0.6) is 0 Å². The maximum absolute atomic E-state index is 4.61. The van der Waals surface area contributed by atoms with E-state index in [2.05, 4.69) is 170 Å². The molecule has 2 heteroatoms. The molecule has 0 saturated carbocycles. The molecule has 2 nitrogen and oxygen atoms in total. The third kappa shape index (κ3) is 4.74. The lowest BCUT2D eigenvalue weighted by Gasteiger charge is -2.27. The summed E-state index contributed by atoms with van der Waals surface area (Å²) in [5, 5.41) is 8.07. The highest BCUT2D eigenvalue weighted by Crippen LogP contribution is 2.46. The van der Waals surface area contributed by atoms with Crippen LogP contribution in [-0.2, 0) is 18.3 Å². The normalized spacial score (nSPS) is 12.8. The second-order valence-corrected chi connectivity index (χ2v) is 15.1. The van der Waals surface area contributed by atoms with Crippen molar-refractivity contribution in [2.75, 3.05) is 0 Å². The number of pyridine rings is 1. The van der Waals surface area contributed by atoms with Crippen molar-refractivity contribution in [2.45, 2.75) is 39.0 Å². The fraction of sp³-hybridized carbons (Fsp3) is 0.122. The molecule has 0 fully saturated rings. The highest BCUT2D eigenvalue weighted by Gasteiger charge is 2.25. The maximum atomic E-state index is 4.61. The Morgan fingerprint density at radius 3 is 1.98 bits per heavy atom. The van der Waals surface area contributed by atoms with Gasteiger partial charge < -0.3 is 4.57 Å². The molecule has 1 aliphatic rings. The minimum absolute atomic E-state index is 0.0928. The predicted molar refractivity (Wildman–Crippen MR) is 216 cm³/mol. The lowest BCUT2D eigenvalue weighted by atomic mass is 9.77. The van der Waals surface area contributed by atoms with Crippen molar-refractivity contribution >= 4 is 43.4 Å². The first-order valence-electron chi connectivity index (χ1n) is 18.1. The number of aromatic nitrogens is 2. The molecule has 0 N–H and O–H groups in total. The first-order chi connectivity index (χ1) is 24.9. The molecule has 0 unspecified atom stereocenters. The molecular formula is C49H38N2. The minimum atomic E-state index is 0.0928. The molecule has 244 valence electrons. The zero-order valence-corrected chi connectivity index (χ0v) is 29.2. The Bertz CT molecular complexity index is 2760. The molecule has 0 bridgehead atoms. The summed E-state index contributed by atoms with van der Waals surface area (Å²) in [6, 6.07) is 54.0. The number of nitrogens with zero attached hydrogens (tertiary/aromatic N) is 2. The molecule has 0 amide bonds. The number of fused-ring (bicyclic) bond motifs is 3. The Labute approximate surface area is 298 Å². The van der Waals surface area contributed by atoms with Crippen LogP contribution in [-0.4, -0.2) is 9.55 Å². The first-order valence-corrected chi connectivity index (χ1v) is 18.1. The molecule has 2 heterocycles. The zero-order chi connectivity index (χ0) is 34.3. The third-order valence-corrected chi connectivity index (χ3v) is 11.1. The fourth-order valence-electron chi connectivity index (χ4n) is 8.55. The van der Waals surface area contributed by atoms with E-state index in [9.17, 15) is 0 Å². The Kier molecular flexibility index (Phi) is 6.60. The summed E-state index contributed by atoms with van der Waals surface area (Å²) >= 11 is 0. The van der Waals surface area contributed by atoms with Crippen molar-refractivity contribution in [3.63, 3.8) is 0 Å². The molecular weight excluding hydrogens is 617 g/mol. The maximum Gasteiger partial charge on any atom is 0.0701 e. The van der Waals surface area contributed by atoms with Crippen LogP contribution in [0.1, 0.15) is 37.5 Å². The smallest absolute Gasteiger partial charge is 0.0701 e. The van der Waals surface area contributed by atoms with Crippen LogP contribution in [0.2, 0.25) is 0 Å². The van der Waals surface area contributed by atoms with Crippen molar-refractivity contribution in [2.24, 2.45) is 0 Å². The minimum Gasteiger partial charge on any atom is -0.309 e. The summed E-state index contributed by atoms with van der Waals surface area (Å²) < 4.78 is 2.42. The van der Waals surface area contributed by atoms with E-state index in [1.807, 2.05) is 12.3 Å². The van der Waals surface area contributed by atoms with Crippen LogP contribution in [0.4, 0.5) is 0 Å². The molecule has 7 aromatic carbocycles. The molecule has 10 rings (SSSR count). The lowest BCUT2D eigenvalue weighted by molar-refractivity contribution is 0.590. The van der Waals surface area contributed by atoms with Gasteiger partial charge >= 0.3 is 0 Å².